The molecule has 5 N–H and O–H groups in total. The van der Waals surface area contributed by atoms with Gasteiger partial charge >= 0.3 is 0 Å². The van der Waals surface area contributed by atoms with Gasteiger partial charge in [0.25, 0.3) is 0 Å². The van der Waals surface area contributed by atoms with Crippen LogP contribution in [0.5, 0.6) is 0 Å². The number of rotatable bonds is 14. The molecule has 0 aliphatic rings. The van der Waals surface area contributed by atoms with Crippen molar-refractivity contribution in [2.24, 2.45) is 11.5 Å². The fraction of sp³-hybridized carbons (Fsp3) is 0.440. The van der Waals surface area contributed by atoms with E-state index in [1.807, 2.05) is 48.5 Å². The number of carbonyl (C=O) groups is 2. The molecule has 31 heavy (non-hydrogen) atoms. The van der Waals surface area contributed by atoms with Crippen LogP contribution in [-0.4, -0.2) is 48.9 Å². The minimum Gasteiger partial charge on any atom is -0.354 e. The SMILES string of the molecule is NCCCCC(C(=O)NCCCc1ccccc1)N(CCc1ccccc1)C(=O)CN. The van der Waals surface area contributed by atoms with Crippen LogP contribution in [-0.2, 0) is 22.4 Å². The van der Waals surface area contributed by atoms with Crippen LogP contribution in [0.3, 0.4) is 0 Å². The molecule has 2 rings (SSSR count). The third-order valence-electron chi connectivity index (χ3n) is 5.37. The Morgan fingerprint density at radius 2 is 1.45 bits per heavy atom. The Bertz CT molecular complexity index is 768. The van der Waals surface area contributed by atoms with Crippen LogP contribution in [0.4, 0.5) is 0 Å². The molecular weight excluding hydrogens is 388 g/mol. The second-order valence-electron chi connectivity index (χ2n) is 7.71. The molecular formula is C25H36N4O2. The molecule has 0 aromatic heterocycles. The summed E-state index contributed by atoms with van der Waals surface area (Å²) in [5.41, 5.74) is 13.7. The lowest BCUT2D eigenvalue weighted by molar-refractivity contribution is -0.139. The summed E-state index contributed by atoms with van der Waals surface area (Å²) >= 11 is 0. The van der Waals surface area contributed by atoms with E-state index in [9.17, 15) is 9.59 Å². The molecule has 2 aromatic rings. The largest absolute Gasteiger partial charge is 0.354 e. The summed E-state index contributed by atoms with van der Waals surface area (Å²) in [5.74, 6) is -0.312. The van der Waals surface area contributed by atoms with Crippen LogP contribution in [0.2, 0.25) is 0 Å². The average Bonchev–Trinajstić information content (AvgIpc) is 2.81. The molecule has 1 unspecified atom stereocenters. The maximum Gasteiger partial charge on any atom is 0.242 e. The number of nitrogens with zero attached hydrogens (tertiary/aromatic N) is 1. The summed E-state index contributed by atoms with van der Waals surface area (Å²) < 4.78 is 0. The van der Waals surface area contributed by atoms with E-state index < -0.39 is 6.04 Å². The first kappa shape index (κ1) is 24.6. The number of unbranched alkanes of at least 4 members (excludes halogenated alkanes) is 1. The maximum absolute atomic E-state index is 13.0. The fourth-order valence-electron chi connectivity index (χ4n) is 3.64. The monoisotopic (exact) mass is 424 g/mol. The van der Waals surface area contributed by atoms with Gasteiger partial charge in [0, 0.05) is 13.1 Å². The quantitative estimate of drug-likeness (QED) is 0.405. The zero-order valence-electron chi connectivity index (χ0n) is 18.3. The highest BCUT2D eigenvalue weighted by Crippen LogP contribution is 2.12. The highest BCUT2D eigenvalue weighted by atomic mass is 16.2. The van der Waals surface area contributed by atoms with Crippen molar-refractivity contribution in [3.63, 3.8) is 0 Å². The Morgan fingerprint density at radius 3 is 2.03 bits per heavy atom. The summed E-state index contributed by atoms with van der Waals surface area (Å²) in [6, 6.07) is 19.6. The molecule has 168 valence electrons. The lowest BCUT2D eigenvalue weighted by Gasteiger charge is -2.31. The zero-order chi connectivity index (χ0) is 22.3. The van der Waals surface area contributed by atoms with Crippen molar-refractivity contribution >= 4 is 11.8 Å². The van der Waals surface area contributed by atoms with Crippen molar-refractivity contribution in [2.45, 2.75) is 44.6 Å². The second-order valence-corrected chi connectivity index (χ2v) is 7.71. The summed E-state index contributed by atoms with van der Waals surface area (Å²) in [7, 11) is 0. The molecule has 2 amide bonds. The standard InChI is InChI=1S/C25H36N4O2/c26-17-8-7-15-23(25(31)28-18-9-14-21-10-3-1-4-11-21)29(24(30)20-27)19-16-22-12-5-2-6-13-22/h1-6,10-13,23H,7-9,14-20,26-27H2,(H,28,31). The van der Waals surface area contributed by atoms with Crippen molar-refractivity contribution in [1.82, 2.24) is 10.2 Å². The molecule has 6 nitrogen and oxygen atoms in total. The summed E-state index contributed by atoms with van der Waals surface area (Å²) in [5, 5.41) is 3.03. The van der Waals surface area contributed by atoms with Gasteiger partial charge in [0.1, 0.15) is 6.04 Å². The third-order valence-corrected chi connectivity index (χ3v) is 5.37. The molecule has 0 bridgehead atoms. The number of nitrogens with one attached hydrogen (secondary N) is 1. The van der Waals surface area contributed by atoms with Crippen molar-refractivity contribution in [1.29, 1.82) is 0 Å². The number of amides is 2. The van der Waals surface area contributed by atoms with Gasteiger partial charge in [0.15, 0.2) is 0 Å². The second kappa shape index (κ2) is 14.3. The maximum atomic E-state index is 13.0. The first-order chi connectivity index (χ1) is 15.2. The molecule has 0 saturated heterocycles. The molecule has 0 aliphatic heterocycles. The first-order valence-electron chi connectivity index (χ1n) is 11.2. The molecule has 0 spiro atoms. The van der Waals surface area contributed by atoms with Crippen LogP contribution in [0.15, 0.2) is 60.7 Å². The van der Waals surface area contributed by atoms with Gasteiger partial charge in [-0.3, -0.25) is 9.59 Å². The predicted octanol–water partition coefficient (Wildman–Crippen LogP) is 2.26. The van der Waals surface area contributed by atoms with Crippen molar-refractivity contribution in [2.75, 3.05) is 26.2 Å². The van der Waals surface area contributed by atoms with Crippen LogP contribution < -0.4 is 16.8 Å². The molecule has 6 heteroatoms. The summed E-state index contributed by atoms with van der Waals surface area (Å²) in [4.78, 5) is 27.3. The van der Waals surface area contributed by atoms with E-state index in [4.69, 9.17) is 11.5 Å². The Balaban J connectivity index is 1.98. The Labute approximate surface area is 186 Å². The molecule has 0 aliphatic carbocycles. The lowest BCUT2D eigenvalue weighted by atomic mass is 10.0. The van der Waals surface area contributed by atoms with Crippen molar-refractivity contribution in [3.8, 4) is 0 Å². The highest BCUT2D eigenvalue weighted by Gasteiger charge is 2.28. The predicted molar refractivity (Wildman–Crippen MR) is 125 cm³/mol. The third kappa shape index (κ3) is 8.90. The van der Waals surface area contributed by atoms with Gasteiger partial charge in [-0.2, -0.15) is 0 Å². The number of carbonyl (C=O) groups excluding carboxylic acids is 2. The van der Waals surface area contributed by atoms with Gasteiger partial charge in [0.05, 0.1) is 6.54 Å². The number of aryl methyl sites for hydroxylation is 1. The van der Waals surface area contributed by atoms with E-state index in [2.05, 4.69) is 17.4 Å². The van der Waals surface area contributed by atoms with E-state index in [0.29, 0.717) is 32.5 Å². The molecule has 1 atom stereocenters. The molecule has 0 saturated carbocycles. The Hall–Kier alpha value is -2.70. The topological polar surface area (TPSA) is 101 Å². The van der Waals surface area contributed by atoms with Gasteiger partial charge in [0.2, 0.25) is 11.8 Å². The van der Waals surface area contributed by atoms with E-state index in [1.54, 1.807) is 4.90 Å². The van der Waals surface area contributed by atoms with Crippen molar-refractivity contribution < 1.29 is 9.59 Å². The number of hydrogen-bond donors (Lipinski definition) is 3. The van der Waals surface area contributed by atoms with E-state index in [1.165, 1.54) is 5.56 Å². The van der Waals surface area contributed by atoms with Gasteiger partial charge in [-0.05, 0) is 56.2 Å². The average molecular weight is 425 g/mol. The van der Waals surface area contributed by atoms with E-state index in [-0.39, 0.29) is 18.4 Å². The molecule has 0 heterocycles. The number of hydrogen-bond acceptors (Lipinski definition) is 4. The number of benzene rings is 2. The fourth-order valence-corrected chi connectivity index (χ4v) is 3.64. The Kier molecular flexibility index (Phi) is 11.4. The normalized spacial score (nSPS) is 11.7. The first-order valence-corrected chi connectivity index (χ1v) is 11.2. The molecule has 2 aromatic carbocycles. The summed E-state index contributed by atoms with van der Waals surface area (Å²) in [6.07, 6.45) is 4.63. The van der Waals surface area contributed by atoms with Crippen LogP contribution >= 0.6 is 0 Å². The Morgan fingerprint density at radius 1 is 0.839 bits per heavy atom. The van der Waals surface area contributed by atoms with Gasteiger partial charge in [-0.25, -0.2) is 0 Å². The van der Waals surface area contributed by atoms with Gasteiger partial charge in [-0.15, -0.1) is 0 Å². The summed E-state index contributed by atoms with van der Waals surface area (Å²) in [6.45, 7) is 1.50. The van der Waals surface area contributed by atoms with Crippen molar-refractivity contribution in [3.05, 3.63) is 71.8 Å². The van der Waals surface area contributed by atoms with E-state index >= 15 is 0 Å². The van der Waals surface area contributed by atoms with E-state index in [0.717, 1.165) is 31.2 Å². The minimum atomic E-state index is -0.525. The van der Waals surface area contributed by atoms with Gasteiger partial charge in [-0.1, -0.05) is 60.7 Å². The van der Waals surface area contributed by atoms with Crippen LogP contribution in [0.1, 0.15) is 36.8 Å². The highest BCUT2D eigenvalue weighted by molar-refractivity contribution is 5.88. The van der Waals surface area contributed by atoms with Gasteiger partial charge < -0.3 is 21.7 Å². The van der Waals surface area contributed by atoms with Crippen LogP contribution in [0.25, 0.3) is 0 Å². The smallest absolute Gasteiger partial charge is 0.242 e. The zero-order valence-corrected chi connectivity index (χ0v) is 18.3. The molecule has 0 radical (unpaired) electrons. The number of nitrogens with two attached hydrogens (primary N) is 2. The lowest BCUT2D eigenvalue weighted by Crippen LogP contribution is -2.52. The van der Waals surface area contributed by atoms with Crippen LogP contribution in [0, 0.1) is 0 Å². The molecule has 0 fully saturated rings. The minimum absolute atomic E-state index is 0.108.